The molecule has 1 unspecified atom stereocenters. The molecular formula is C29H44N2O8. The summed E-state index contributed by atoms with van der Waals surface area (Å²) in [5.41, 5.74) is 7.69. The number of amides is 2. The normalized spacial score (nSPS) is 27.6. The fraction of sp³-hybridized carbons (Fsp3) is 0.586. The number of nitrogens with two attached hydrogens (primary N) is 1. The number of aliphatic hydroxyl groups excluding tert-OH is 1. The van der Waals surface area contributed by atoms with Gasteiger partial charge in [0.15, 0.2) is 17.6 Å². The lowest BCUT2D eigenvalue weighted by molar-refractivity contribution is -0.112. The van der Waals surface area contributed by atoms with Crippen LogP contribution in [0, 0.1) is 11.8 Å². The Balaban J connectivity index is 2.53. The number of ether oxygens (including phenoxy) is 4. The summed E-state index contributed by atoms with van der Waals surface area (Å²) in [7, 11) is 4.55. The third-order valence-electron chi connectivity index (χ3n) is 7.15. The molecule has 0 aliphatic carbocycles. The molecule has 0 fully saturated rings. The van der Waals surface area contributed by atoms with Crippen LogP contribution in [0.3, 0.4) is 0 Å². The van der Waals surface area contributed by atoms with Gasteiger partial charge >= 0.3 is 6.09 Å². The van der Waals surface area contributed by atoms with Gasteiger partial charge in [-0.05, 0) is 57.1 Å². The van der Waals surface area contributed by atoms with Crippen molar-refractivity contribution >= 4 is 17.7 Å². The maximum atomic E-state index is 12.9. The monoisotopic (exact) mass is 548 g/mol. The number of hydrogen-bond donors (Lipinski definition) is 4. The summed E-state index contributed by atoms with van der Waals surface area (Å²) in [6, 6.07) is 3.24. The van der Waals surface area contributed by atoms with Crippen molar-refractivity contribution in [1.29, 1.82) is 0 Å². The molecule has 2 amide bonds. The van der Waals surface area contributed by atoms with Gasteiger partial charge in [-0.2, -0.15) is 0 Å². The van der Waals surface area contributed by atoms with E-state index in [9.17, 15) is 19.8 Å². The zero-order chi connectivity index (χ0) is 29.3. The number of nitrogens with one attached hydrogen (secondary N) is 1. The van der Waals surface area contributed by atoms with Crippen LogP contribution in [0.5, 0.6) is 11.5 Å². The standard InChI is InChI=1S/C29H44N2O8/c1-16-11-20-14-21(15-22(32)27(20)38-7)31-28(34)17(2)9-8-10-23(36-5)26(39-29(30)35)19(4)13-18(3)25(33)24(12-16)37-6/h9,13-16,18,23-26,32-33H,8,10-12H2,1-7H3,(H2,30,35)(H,31,34)/t16-,18+,23?,24+,25-,26+/m1/s1. The van der Waals surface area contributed by atoms with Gasteiger partial charge in [0.1, 0.15) is 0 Å². The lowest BCUT2D eigenvalue weighted by Crippen LogP contribution is -2.37. The largest absolute Gasteiger partial charge is 0.504 e. The van der Waals surface area contributed by atoms with Crippen LogP contribution >= 0.6 is 0 Å². The second-order valence-electron chi connectivity index (χ2n) is 10.3. The topological polar surface area (TPSA) is 150 Å². The van der Waals surface area contributed by atoms with Gasteiger partial charge in [0.25, 0.3) is 5.91 Å². The molecule has 0 saturated heterocycles. The minimum atomic E-state index is -0.934. The van der Waals surface area contributed by atoms with E-state index in [4.69, 9.17) is 24.7 Å². The number of primary amides is 1. The van der Waals surface area contributed by atoms with E-state index in [-0.39, 0.29) is 23.5 Å². The van der Waals surface area contributed by atoms with Crippen LogP contribution in [0.2, 0.25) is 0 Å². The second kappa shape index (κ2) is 14.9. The van der Waals surface area contributed by atoms with Crippen molar-refractivity contribution in [1.82, 2.24) is 0 Å². The van der Waals surface area contributed by atoms with Gasteiger partial charge in [-0.1, -0.05) is 26.0 Å². The SMILES string of the molecule is COc1c(O)cc2cc1C[C@@H](C)C[C@H](OC)[C@H](O)[C@@H](C)C=C(C)[C@H](OC(N)=O)C(OC)CCC=C(C)C(=O)N2. The number of aromatic hydroxyl groups is 1. The Hall–Kier alpha value is -3.08. The minimum absolute atomic E-state index is 0.0219. The van der Waals surface area contributed by atoms with Crippen LogP contribution in [0.4, 0.5) is 10.5 Å². The molecule has 0 spiro atoms. The highest BCUT2D eigenvalue weighted by Crippen LogP contribution is 2.36. The summed E-state index contributed by atoms with van der Waals surface area (Å²) >= 11 is 0. The average molecular weight is 549 g/mol. The highest BCUT2D eigenvalue weighted by atomic mass is 16.6. The molecule has 218 valence electrons. The van der Waals surface area contributed by atoms with Crippen LogP contribution in [0.1, 0.15) is 52.5 Å². The quantitative estimate of drug-likeness (QED) is 0.411. The summed E-state index contributed by atoms with van der Waals surface area (Å²) in [6.07, 6.45) is 1.95. The number of anilines is 1. The number of carbonyl (C=O) groups is 2. The Kier molecular flexibility index (Phi) is 12.3. The van der Waals surface area contributed by atoms with Gasteiger partial charge in [-0.25, -0.2) is 4.79 Å². The van der Waals surface area contributed by atoms with Crippen molar-refractivity contribution in [3.05, 3.63) is 41.0 Å². The molecule has 0 aromatic heterocycles. The molecule has 5 N–H and O–H groups in total. The predicted octanol–water partition coefficient (Wildman–Crippen LogP) is 4.09. The second-order valence-corrected chi connectivity index (χ2v) is 10.3. The van der Waals surface area contributed by atoms with Gasteiger partial charge in [-0.15, -0.1) is 0 Å². The summed E-state index contributed by atoms with van der Waals surface area (Å²) in [5.74, 6) is -0.375. The minimum Gasteiger partial charge on any atom is -0.504 e. The molecule has 1 heterocycles. The average Bonchev–Trinajstić information content (AvgIpc) is 2.87. The molecule has 10 heteroatoms. The van der Waals surface area contributed by atoms with E-state index in [0.717, 1.165) is 5.56 Å². The van der Waals surface area contributed by atoms with Crippen LogP contribution in [0.25, 0.3) is 0 Å². The highest BCUT2D eigenvalue weighted by Gasteiger charge is 2.30. The van der Waals surface area contributed by atoms with Gasteiger partial charge in [0.05, 0.1) is 25.4 Å². The Bertz CT molecular complexity index is 1050. The maximum absolute atomic E-state index is 12.9. The smallest absolute Gasteiger partial charge is 0.405 e. The number of fused-ring (bicyclic) bond motifs is 2. The van der Waals surface area contributed by atoms with Crippen LogP contribution < -0.4 is 15.8 Å². The first-order chi connectivity index (χ1) is 18.4. The van der Waals surface area contributed by atoms with Crippen molar-refractivity contribution in [3.8, 4) is 11.5 Å². The van der Waals surface area contributed by atoms with E-state index < -0.39 is 30.5 Å². The molecular weight excluding hydrogens is 504 g/mol. The Labute approximate surface area is 231 Å². The van der Waals surface area contributed by atoms with Gasteiger partial charge in [-0.3, -0.25) is 4.79 Å². The number of methoxy groups -OCH3 is 3. The molecule has 1 aromatic rings. The summed E-state index contributed by atoms with van der Waals surface area (Å²) in [5, 5.41) is 24.6. The summed E-state index contributed by atoms with van der Waals surface area (Å²) in [4.78, 5) is 24.6. The van der Waals surface area contributed by atoms with E-state index in [0.29, 0.717) is 48.3 Å². The van der Waals surface area contributed by atoms with E-state index in [1.165, 1.54) is 20.3 Å². The Morgan fingerprint density at radius 2 is 1.77 bits per heavy atom. The van der Waals surface area contributed by atoms with E-state index in [1.807, 2.05) is 19.9 Å². The fourth-order valence-electron chi connectivity index (χ4n) is 5.08. The molecule has 10 nitrogen and oxygen atoms in total. The first kappa shape index (κ1) is 32.1. The van der Waals surface area contributed by atoms with Crippen molar-refractivity contribution < 1.29 is 38.7 Å². The van der Waals surface area contributed by atoms with Crippen molar-refractivity contribution in [3.63, 3.8) is 0 Å². The zero-order valence-corrected chi connectivity index (χ0v) is 24.0. The van der Waals surface area contributed by atoms with Crippen molar-refractivity contribution in [2.45, 2.75) is 77.8 Å². The molecule has 2 rings (SSSR count). The lowest BCUT2D eigenvalue weighted by atomic mass is 9.88. The van der Waals surface area contributed by atoms with Crippen LogP contribution in [-0.4, -0.2) is 68.0 Å². The Morgan fingerprint density at radius 3 is 2.36 bits per heavy atom. The molecule has 1 aliphatic heterocycles. The van der Waals surface area contributed by atoms with Gasteiger partial charge < -0.3 is 40.2 Å². The number of benzene rings is 1. The molecule has 6 atom stereocenters. The number of aliphatic hydroxyl groups is 1. The Morgan fingerprint density at radius 1 is 1.10 bits per heavy atom. The van der Waals surface area contributed by atoms with Crippen LogP contribution in [-0.2, 0) is 25.4 Å². The maximum Gasteiger partial charge on any atom is 0.405 e. The van der Waals surface area contributed by atoms with E-state index >= 15 is 0 Å². The molecule has 1 aliphatic rings. The number of carbonyl (C=O) groups excluding carboxylic acids is 2. The van der Waals surface area contributed by atoms with Crippen LogP contribution in [0.15, 0.2) is 35.4 Å². The lowest BCUT2D eigenvalue weighted by Gasteiger charge is -2.30. The number of phenols is 1. The van der Waals surface area contributed by atoms with E-state index in [1.54, 1.807) is 33.1 Å². The zero-order valence-electron chi connectivity index (χ0n) is 24.0. The summed E-state index contributed by atoms with van der Waals surface area (Å²) in [6.45, 7) is 7.38. The molecule has 1 aromatic carbocycles. The third-order valence-corrected chi connectivity index (χ3v) is 7.15. The molecule has 39 heavy (non-hydrogen) atoms. The first-order valence-corrected chi connectivity index (χ1v) is 13.2. The van der Waals surface area contributed by atoms with E-state index in [2.05, 4.69) is 5.32 Å². The number of allylic oxidation sites excluding steroid dienone is 1. The molecule has 2 bridgehead atoms. The van der Waals surface area contributed by atoms with Gasteiger partial charge in [0.2, 0.25) is 0 Å². The molecule has 0 radical (unpaired) electrons. The number of phenolic OH excluding ortho intramolecular Hbond substituents is 1. The predicted molar refractivity (Wildman–Crippen MR) is 149 cm³/mol. The summed E-state index contributed by atoms with van der Waals surface area (Å²) < 4.78 is 22.2. The first-order valence-electron chi connectivity index (χ1n) is 13.2. The van der Waals surface area contributed by atoms with Crippen molar-refractivity contribution in [2.75, 3.05) is 26.6 Å². The number of rotatable bonds is 4. The highest BCUT2D eigenvalue weighted by molar-refractivity contribution is 6.03. The third kappa shape index (κ3) is 8.98. The number of hydrogen-bond acceptors (Lipinski definition) is 8. The fourth-order valence-corrected chi connectivity index (χ4v) is 5.08. The van der Waals surface area contributed by atoms with Gasteiger partial charge in [0, 0.05) is 43.0 Å². The molecule has 0 saturated carbocycles. The van der Waals surface area contributed by atoms with Crippen molar-refractivity contribution in [2.24, 2.45) is 17.6 Å².